The van der Waals surface area contributed by atoms with Gasteiger partial charge < -0.3 is 14.8 Å². The Morgan fingerprint density at radius 2 is 0.844 bits per heavy atom. The number of hydrogen-bond donors (Lipinski definition) is 1. The Labute approximate surface area is 529 Å². The third kappa shape index (κ3) is 9.45. The SMILES string of the molecule is CCCCc1cc(-c2ccccc2)cc(-c2ccccc2)c1-c1cc(-c2ccccc2)cc2c1Nc1cc(C(C)(C)C)cc3c1B2c1ccc(-n2c4ccccc4c4ccccc42)cc1N3c1c(-c2ccccc2)cc(-c2ccccc2)cc1-c1ccccc1. The maximum absolute atomic E-state index is 4.42. The van der Waals surface area contributed by atoms with Crippen LogP contribution >= 0.6 is 0 Å². The van der Waals surface area contributed by atoms with Crippen LogP contribution in [0, 0.1) is 0 Å². The van der Waals surface area contributed by atoms with Crippen LogP contribution in [0.5, 0.6) is 0 Å². The topological polar surface area (TPSA) is 20.2 Å². The number of fused-ring (bicyclic) bond motifs is 7. The van der Waals surface area contributed by atoms with Gasteiger partial charge in [0.1, 0.15) is 0 Å². The van der Waals surface area contributed by atoms with Crippen LogP contribution in [0.2, 0.25) is 0 Å². The summed E-state index contributed by atoms with van der Waals surface area (Å²) in [5, 5.41) is 6.89. The number of rotatable bonds is 12. The van der Waals surface area contributed by atoms with Crippen molar-refractivity contribution in [1.29, 1.82) is 0 Å². The zero-order valence-corrected chi connectivity index (χ0v) is 51.4. The highest BCUT2D eigenvalue weighted by Crippen LogP contribution is 2.53. The van der Waals surface area contributed by atoms with Gasteiger partial charge in [-0.05, 0) is 168 Å². The minimum absolute atomic E-state index is 0.187. The molecule has 2 aliphatic heterocycles. The highest BCUT2D eigenvalue weighted by Gasteiger charge is 2.44. The predicted molar refractivity (Wildman–Crippen MR) is 385 cm³/mol. The van der Waals surface area contributed by atoms with Crippen molar-refractivity contribution in [2.75, 3.05) is 10.2 Å². The van der Waals surface area contributed by atoms with Gasteiger partial charge in [0, 0.05) is 55.9 Å². The molecule has 0 bridgehead atoms. The van der Waals surface area contributed by atoms with E-state index in [4.69, 9.17) is 0 Å². The molecule has 13 aromatic carbocycles. The molecular formula is C86H68BN3. The van der Waals surface area contributed by atoms with Crippen molar-refractivity contribution in [2.45, 2.75) is 52.4 Å². The van der Waals surface area contributed by atoms with E-state index < -0.39 is 0 Å². The summed E-state index contributed by atoms with van der Waals surface area (Å²) in [6.45, 7) is 9.24. The van der Waals surface area contributed by atoms with Crippen molar-refractivity contribution in [3.63, 3.8) is 0 Å². The summed E-state index contributed by atoms with van der Waals surface area (Å²) in [5.74, 6) is 0. The van der Waals surface area contributed by atoms with E-state index in [0.29, 0.717) is 0 Å². The van der Waals surface area contributed by atoms with Crippen LogP contribution < -0.4 is 26.6 Å². The minimum Gasteiger partial charge on any atom is -0.356 e. The summed E-state index contributed by atoms with van der Waals surface area (Å²) in [6, 6.07) is 111. The average molecular weight is 1150 g/mol. The van der Waals surface area contributed by atoms with Crippen molar-refractivity contribution in [3.05, 3.63) is 308 Å². The second-order valence-corrected chi connectivity index (χ2v) is 25.5. The monoisotopic (exact) mass is 1150 g/mol. The summed E-state index contributed by atoms with van der Waals surface area (Å²) in [6.07, 6.45) is 3.09. The normalized spacial score (nSPS) is 12.4. The molecule has 14 aromatic rings. The first-order chi connectivity index (χ1) is 44.3. The zero-order valence-electron chi connectivity index (χ0n) is 51.4. The van der Waals surface area contributed by atoms with Gasteiger partial charge in [0.05, 0.1) is 16.7 Å². The van der Waals surface area contributed by atoms with Crippen LogP contribution in [0.3, 0.4) is 0 Å². The van der Waals surface area contributed by atoms with Gasteiger partial charge in [0.15, 0.2) is 0 Å². The molecule has 3 nitrogen and oxygen atoms in total. The Morgan fingerprint density at radius 3 is 1.37 bits per heavy atom. The lowest BCUT2D eigenvalue weighted by Crippen LogP contribution is -2.60. The lowest BCUT2D eigenvalue weighted by molar-refractivity contribution is 0.591. The van der Waals surface area contributed by atoms with E-state index >= 15 is 0 Å². The molecule has 0 radical (unpaired) electrons. The molecule has 16 rings (SSSR count). The van der Waals surface area contributed by atoms with Crippen molar-refractivity contribution in [2.24, 2.45) is 0 Å². The van der Waals surface area contributed by atoms with Crippen LogP contribution in [0.15, 0.2) is 297 Å². The van der Waals surface area contributed by atoms with Gasteiger partial charge in [-0.3, -0.25) is 0 Å². The molecule has 2 aliphatic rings. The summed E-state index contributed by atoms with van der Waals surface area (Å²) in [5.41, 5.74) is 32.0. The lowest BCUT2D eigenvalue weighted by atomic mass is 9.33. The van der Waals surface area contributed by atoms with Gasteiger partial charge in [-0.15, -0.1) is 0 Å². The number of aryl methyl sites for hydroxylation is 1. The van der Waals surface area contributed by atoms with Crippen LogP contribution in [0.1, 0.15) is 51.7 Å². The molecule has 3 heterocycles. The smallest absolute Gasteiger partial charge is 0.252 e. The van der Waals surface area contributed by atoms with Gasteiger partial charge in [-0.1, -0.05) is 271 Å². The van der Waals surface area contributed by atoms with E-state index in [1.807, 2.05) is 0 Å². The molecule has 0 saturated heterocycles. The van der Waals surface area contributed by atoms with Gasteiger partial charge in [-0.2, -0.15) is 0 Å². The Bertz CT molecular complexity index is 4910. The summed E-state index contributed by atoms with van der Waals surface area (Å²) < 4.78 is 2.49. The van der Waals surface area contributed by atoms with Gasteiger partial charge in [0.2, 0.25) is 0 Å². The molecule has 0 amide bonds. The molecule has 1 aromatic heterocycles. The number of benzene rings is 13. The molecule has 0 spiro atoms. The molecular weight excluding hydrogens is 1090 g/mol. The second-order valence-electron chi connectivity index (χ2n) is 25.5. The maximum atomic E-state index is 4.42. The number of nitrogens with one attached hydrogen (secondary N) is 1. The molecule has 0 saturated carbocycles. The molecule has 4 heteroatoms. The second kappa shape index (κ2) is 22.5. The third-order valence-electron chi connectivity index (χ3n) is 18.9. The number of unbranched alkanes of at least 4 members (excludes halogenated alkanes) is 1. The Balaban J connectivity index is 1.06. The average Bonchev–Trinajstić information content (AvgIpc) is 0.799. The molecule has 0 fully saturated rings. The Hall–Kier alpha value is -10.7. The van der Waals surface area contributed by atoms with Gasteiger partial charge >= 0.3 is 0 Å². The van der Waals surface area contributed by atoms with Crippen molar-refractivity contribution in [3.8, 4) is 83.6 Å². The van der Waals surface area contributed by atoms with Crippen LogP contribution in [0.4, 0.5) is 28.4 Å². The number of nitrogens with zero attached hydrogens (tertiary/aromatic N) is 2. The fraction of sp³-hybridized carbons (Fsp3) is 0.0930. The van der Waals surface area contributed by atoms with Crippen molar-refractivity contribution < 1.29 is 0 Å². The minimum atomic E-state index is -0.234. The first-order valence-electron chi connectivity index (χ1n) is 32.0. The summed E-state index contributed by atoms with van der Waals surface area (Å²) in [7, 11) is 0. The van der Waals surface area contributed by atoms with Gasteiger partial charge in [0.25, 0.3) is 6.71 Å². The first kappa shape index (κ1) is 54.7. The van der Waals surface area contributed by atoms with Crippen LogP contribution in [0.25, 0.3) is 105 Å². The van der Waals surface area contributed by atoms with Crippen molar-refractivity contribution in [1.82, 2.24) is 4.57 Å². The zero-order chi connectivity index (χ0) is 60.5. The summed E-state index contributed by atoms with van der Waals surface area (Å²) in [4.78, 5) is 2.68. The quantitative estimate of drug-likeness (QED) is 0.123. The molecule has 0 atom stereocenters. The first-order valence-corrected chi connectivity index (χ1v) is 32.0. The predicted octanol–water partition coefficient (Wildman–Crippen LogP) is 21.4. The lowest BCUT2D eigenvalue weighted by Gasteiger charge is -2.43. The number of aromatic nitrogens is 1. The summed E-state index contributed by atoms with van der Waals surface area (Å²) >= 11 is 0. The van der Waals surface area contributed by atoms with Crippen molar-refractivity contribution >= 4 is 73.3 Å². The fourth-order valence-corrected chi connectivity index (χ4v) is 14.6. The van der Waals surface area contributed by atoms with E-state index in [1.54, 1.807) is 0 Å². The van der Waals surface area contributed by atoms with E-state index in [2.05, 4.69) is 340 Å². The maximum Gasteiger partial charge on any atom is 0.252 e. The van der Waals surface area contributed by atoms with E-state index in [-0.39, 0.29) is 12.1 Å². The number of anilines is 5. The molecule has 90 heavy (non-hydrogen) atoms. The molecule has 1 N–H and O–H groups in total. The van der Waals surface area contributed by atoms with Gasteiger partial charge in [-0.25, -0.2) is 0 Å². The molecule has 0 unspecified atom stereocenters. The van der Waals surface area contributed by atoms with Crippen LogP contribution in [-0.4, -0.2) is 11.3 Å². The Kier molecular flexibility index (Phi) is 13.7. The largest absolute Gasteiger partial charge is 0.356 e. The van der Waals surface area contributed by atoms with E-state index in [0.717, 1.165) is 70.0 Å². The highest BCUT2D eigenvalue weighted by molar-refractivity contribution is 7.00. The Morgan fingerprint density at radius 1 is 0.389 bits per heavy atom. The number of hydrogen-bond acceptors (Lipinski definition) is 2. The fourth-order valence-electron chi connectivity index (χ4n) is 14.6. The third-order valence-corrected chi connectivity index (χ3v) is 18.9. The standard InChI is InChI=1S/C86H68BN3/c1-5-6-29-63-48-64(57-30-13-7-14-31-57)49-71(60-36-19-10-20-37-60)82(63)74-52-66(59-34-17-9-18-35-59)53-76-84(74)88-77-54-67(86(2,3)4)55-81-83(77)87(76)75-47-46-68(89-78-44-27-25-42-69(78)70-43-26-28-45-79(70)89)56-80(75)90(81)85-72(61-38-21-11-22-39-61)50-65(58-32-15-8-16-33-58)51-73(85)62-40-23-12-24-41-62/h7-28,30-56,88H,5-6,29H2,1-4H3. The molecule has 430 valence electrons. The van der Waals surface area contributed by atoms with E-state index in [1.165, 1.54) is 111 Å². The number of para-hydroxylation sites is 2. The van der Waals surface area contributed by atoms with Crippen LogP contribution in [-0.2, 0) is 11.8 Å². The molecule has 0 aliphatic carbocycles. The van der Waals surface area contributed by atoms with E-state index in [9.17, 15) is 0 Å². The highest BCUT2D eigenvalue weighted by atomic mass is 15.2.